The van der Waals surface area contributed by atoms with Gasteiger partial charge in [-0.25, -0.2) is 0 Å². The van der Waals surface area contributed by atoms with Crippen molar-refractivity contribution in [2.75, 3.05) is 6.61 Å². The second-order valence-electron chi connectivity index (χ2n) is 10.5. The van der Waals surface area contributed by atoms with Crippen LogP contribution in [0, 0.1) is 11.8 Å². The van der Waals surface area contributed by atoms with Crippen LogP contribution in [-0.4, -0.2) is 67.3 Å². The molecule has 1 aromatic rings. The summed E-state index contributed by atoms with van der Waals surface area (Å²) in [6.07, 6.45) is 5.96. The molecule has 4 aliphatic rings. The van der Waals surface area contributed by atoms with E-state index < -0.39 is 28.7 Å². The Morgan fingerprint density at radius 3 is 2.60 bits per heavy atom. The smallest absolute Gasteiger partial charge is 0.244 e. The molecule has 35 heavy (non-hydrogen) atoms. The van der Waals surface area contributed by atoms with E-state index >= 15 is 0 Å². The fourth-order valence-electron chi connectivity index (χ4n) is 6.66. The van der Waals surface area contributed by atoms with Crippen molar-refractivity contribution in [2.24, 2.45) is 11.8 Å². The molecule has 3 aliphatic heterocycles. The lowest BCUT2D eigenvalue weighted by Gasteiger charge is -2.37. The summed E-state index contributed by atoms with van der Waals surface area (Å²) in [7, 11) is 0. The molecule has 2 bridgehead atoms. The van der Waals surface area contributed by atoms with Crippen molar-refractivity contribution in [2.45, 2.75) is 84.9 Å². The van der Waals surface area contributed by atoms with Gasteiger partial charge < -0.3 is 20.6 Å². The zero-order valence-electron chi connectivity index (χ0n) is 20.0. The number of benzene rings is 1. The number of amides is 3. The standard InChI is InChI=1S/C26H34BrN3O4S/c1-15(14-31)30-22(24(33)29-17-10-6-3-7-11-17)26-12-18(27)21(35-26)19(20(26)25(30)34)23(32)28-13-16-8-4-2-5-9-16/h2,4-5,8-9,15,17-22,31H,3,6-7,10-14H2,1H3,(H,28,32)(H,29,33)/t15-,18?,19+,20+,21+,22?,26?/m1/s1. The predicted octanol–water partition coefficient (Wildman–Crippen LogP) is 2.60. The van der Waals surface area contributed by atoms with Crippen LogP contribution in [0.2, 0.25) is 0 Å². The second kappa shape index (κ2) is 10.1. The molecule has 5 rings (SSSR count). The van der Waals surface area contributed by atoms with Crippen LogP contribution in [0.3, 0.4) is 0 Å². The van der Waals surface area contributed by atoms with Crippen molar-refractivity contribution in [1.82, 2.24) is 15.5 Å². The highest BCUT2D eigenvalue weighted by molar-refractivity contribution is 9.09. The highest BCUT2D eigenvalue weighted by Crippen LogP contribution is 2.67. The van der Waals surface area contributed by atoms with Crippen LogP contribution in [0.1, 0.15) is 51.0 Å². The molecular weight excluding hydrogens is 530 g/mol. The number of nitrogens with zero attached hydrogens (tertiary/aromatic N) is 1. The van der Waals surface area contributed by atoms with E-state index in [0.717, 1.165) is 31.2 Å². The lowest BCUT2D eigenvalue weighted by atomic mass is 9.70. The SMILES string of the molecule is C[C@H](CO)N1C(=O)[C@@H]2[C@H](C(=O)NCc3ccccc3)[C@H]3SC2(CC3Br)C1C(=O)NC1CCCCC1. The van der Waals surface area contributed by atoms with Crippen LogP contribution in [0.4, 0.5) is 0 Å². The summed E-state index contributed by atoms with van der Waals surface area (Å²) in [6, 6.07) is 8.66. The molecule has 0 aromatic heterocycles. The summed E-state index contributed by atoms with van der Waals surface area (Å²) in [5.74, 6) is -1.54. The van der Waals surface area contributed by atoms with Gasteiger partial charge in [-0.05, 0) is 31.7 Å². The first kappa shape index (κ1) is 25.1. The number of likely N-dealkylation sites (tertiary alicyclic amines) is 1. The largest absolute Gasteiger partial charge is 0.394 e. The Morgan fingerprint density at radius 1 is 1.20 bits per heavy atom. The first-order chi connectivity index (χ1) is 16.9. The van der Waals surface area contributed by atoms with Gasteiger partial charge in [0.05, 0.1) is 29.2 Å². The molecule has 9 heteroatoms. The molecule has 1 saturated carbocycles. The summed E-state index contributed by atoms with van der Waals surface area (Å²) >= 11 is 5.43. The average molecular weight is 565 g/mol. The number of fused-ring (bicyclic) bond motifs is 1. The highest BCUT2D eigenvalue weighted by atomic mass is 79.9. The number of halogens is 1. The molecule has 1 spiro atoms. The Balaban J connectivity index is 1.43. The Morgan fingerprint density at radius 2 is 1.91 bits per heavy atom. The number of carbonyl (C=O) groups excluding carboxylic acids is 3. The quantitative estimate of drug-likeness (QED) is 0.443. The molecule has 3 heterocycles. The van der Waals surface area contributed by atoms with E-state index in [1.807, 2.05) is 30.3 Å². The van der Waals surface area contributed by atoms with Gasteiger partial charge >= 0.3 is 0 Å². The molecule has 0 radical (unpaired) electrons. The van der Waals surface area contributed by atoms with Crippen LogP contribution >= 0.6 is 27.7 Å². The second-order valence-corrected chi connectivity index (χ2v) is 13.2. The van der Waals surface area contributed by atoms with E-state index in [2.05, 4.69) is 26.6 Å². The lowest BCUT2D eigenvalue weighted by molar-refractivity contribution is -0.142. The number of carbonyl (C=O) groups is 3. The van der Waals surface area contributed by atoms with Crippen LogP contribution in [0.15, 0.2) is 30.3 Å². The molecule has 1 aromatic carbocycles. The normalized spacial score (nSPS) is 35.1. The molecular formula is C26H34BrN3O4S. The third-order valence-corrected chi connectivity index (χ3v) is 11.5. The minimum atomic E-state index is -0.689. The van der Waals surface area contributed by atoms with Crippen molar-refractivity contribution >= 4 is 45.4 Å². The van der Waals surface area contributed by atoms with E-state index in [-0.39, 0.29) is 40.4 Å². The number of hydrogen-bond donors (Lipinski definition) is 3. The third kappa shape index (κ3) is 4.31. The summed E-state index contributed by atoms with van der Waals surface area (Å²) in [6.45, 7) is 1.96. The summed E-state index contributed by atoms with van der Waals surface area (Å²) in [5, 5.41) is 16.2. The van der Waals surface area contributed by atoms with Crippen molar-refractivity contribution in [3.05, 3.63) is 35.9 Å². The molecule has 4 fully saturated rings. The van der Waals surface area contributed by atoms with Crippen LogP contribution in [-0.2, 0) is 20.9 Å². The van der Waals surface area contributed by atoms with E-state index in [9.17, 15) is 19.5 Å². The fraction of sp³-hybridized carbons (Fsp3) is 0.654. The maximum absolute atomic E-state index is 13.9. The number of rotatable bonds is 7. The van der Waals surface area contributed by atoms with Crippen molar-refractivity contribution in [3.8, 4) is 0 Å². The van der Waals surface area contributed by atoms with Gasteiger partial charge in [-0.2, -0.15) is 0 Å². The molecule has 3 saturated heterocycles. The first-order valence-corrected chi connectivity index (χ1v) is 14.5. The van der Waals surface area contributed by atoms with Gasteiger partial charge in [0.15, 0.2) is 0 Å². The molecule has 1 aliphatic carbocycles. The van der Waals surface area contributed by atoms with E-state index in [0.29, 0.717) is 13.0 Å². The van der Waals surface area contributed by atoms with Gasteiger partial charge in [0, 0.05) is 22.7 Å². The Kier molecular flexibility index (Phi) is 7.21. The van der Waals surface area contributed by atoms with Gasteiger partial charge in [0.1, 0.15) is 6.04 Å². The lowest BCUT2D eigenvalue weighted by Crippen LogP contribution is -2.58. The maximum Gasteiger partial charge on any atom is 0.244 e. The van der Waals surface area contributed by atoms with Gasteiger partial charge in [0.2, 0.25) is 17.7 Å². The van der Waals surface area contributed by atoms with E-state index in [1.165, 1.54) is 6.42 Å². The monoisotopic (exact) mass is 563 g/mol. The topological polar surface area (TPSA) is 98.7 Å². The van der Waals surface area contributed by atoms with Gasteiger partial charge in [-0.15, -0.1) is 11.8 Å². The van der Waals surface area contributed by atoms with Crippen LogP contribution < -0.4 is 10.6 Å². The summed E-state index contributed by atoms with van der Waals surface area (Å²) in [5.41, 5.74) is 1.000. The average Bonchev–Trinajstić information content (AvgIpc) is 3.46. The summed E-state index contributed by atoms with van der Waals surface area (Å²) < 4.78 is -0.674. The number of hydrogen-bond acceptors (Lipinski definition) is 5. The zero-order valence-corrected chi connectivity index (χ0v) is 22.4. The third-order valence-electron chi connectivity index (χ3n) is 8.28. The molecule has 3 N–H and O–H groups in total. The Labute approximate surface area is 219 Å². The van der Waals surface area contributed by atoms with Gasteiger partial charge in [-0.1, -0.05) is 65.5 Å². The van der Waals surface area contributed by atoms with Crippen molar-refractivity contribution in [1.29, 1.82) is 0 Å². The molecule has 3 amide bonds. The minimum absolute atomic E-state index is 0.0402. The zero-order chi connectivity index (χ0) is 24.7. The summed E-state index contributed by atoms with van der Waals surface area (Å²) in [4.78, 5) is 42.8. The fourth-order valence-corrected chi connectivity index (χ4v) is 10.3. The highest BCUT2D eigenvalue weighted by Gasteiger charge is 2.76. The van der Waals surface area contributed by atoms with Gasteiger partial charge in [-0.3, -0.25) is 14.4 Å². The molecule has 7 atom stereocenters. The molecule has 190 valence electrons. The van der Waals surface area contributed by atoms with Crippen molar-refractivity contribution < 1.29 is 19.5 Å². The molecule has 3 unspecified atom stereocenters. The number of nitrogens with one attached hydrogen (secondary N) is 2. The number of alkyl halides is 1. The van der Waals surface area contributed by atoms with Crippen LogP contribution in [0.5, 0.6) is 0 Å². The van der Waals surface area contributed by atoms with E-state index in [4.69, 9.17) is 0 Å². The number of aliphatic hydroxyl groups excluding tert-OH is 1. The first-order valence-electron chi connectivity index (χ1n) is 12.7. The Hall–Kier alpha value is -1.58. The van der Waals surface area contributed by atoms with Crippen molar-refractivity contribution in [3.63, 3.8) is 0 Å². The predicted molar refractivity (Wildman–Crippen MR) is 139 cm³/mol. The number of thioether (sulfide) groups is 1. The van der Waals surface area contributed by atoms with Crippen LogP contribution in [0.25, 0.3) is 0 Å². The van der Waals surface area contributed by atoms with Gasteiger partial charge in [0.25, 0.3) is 0 Å². The minimum Gasteiger partial charge on any atom is -0.394 e. The number of aliphatic hydroxyl groups is 1. The molecule has 7 nitrogen and oxygen atoms in total. The van der Waals surface area contributed by atoms with E-state index in [1.54, 1.807) is 23.6 Å². The Bertz CT molecular complexity index is 975. The maximum atomic E-state index is 13.9.